The lowest BCUT2D eigenvalue weighted by molar-refractivity contribution is -0.180. The Kier molecular flexibility index (Phi) is 4.85. The van der Waals surface area contributed by atoms with Crippen LogP contribution in [0.5, 0.6) is 0 Å². The fourth-order valence-corrected chi connectivity index (χ4v) is 3.39. The topological polar surface area (TPSA) is 41.1 Å². The van der Waals surface area contributed by atoms with Crippen molar-refractivity contribution in [2.45, 2.75) is 70.6 Å². The van der Waals surface area contributed by atoms with Crippen LogP contribution in [-0.2, 0) is 4.79 Å². The van der Waals surface area contributed by atoms with Crippen molar-refractivity contribution in [3.05, 3.63) is 0 Å². The summed E-state index contributed by atoms with van der Waals surface area (Å²) >= 11 is 0. The molecule has 1 heterocycles. The molecule has 1 amide bonds. The molecule has 3 nitrogen and oxygen atoms in total. The van der Waals surface area contributed by atoms with Crippen LogP contribution < -0.4 is 10.6 Å². The summed E-state index contributed by atoms with van der Waals surface area (Å²) in [5.74, 6) is -1.47. The molecular formula is C15H25F3N2O. The van der Waals surface area contributed by atoms with E-state index in [4.69, 9.17) is 0 Å². The molecule has 0 spiro atoms. The highest BCUT2D eigenvalue weighted by Gasteiger charge is 2.43. The number of rotatable bonds is 2. The van der Waals surface area contributed by atoms with Crippen LogP contribution in [0.1, 0.15) is 52.4 Å². The van der Waals surface area contributed by atoms with E-state index in [1.54, 1.807) is 0 Å². The molecule has 0 bridgehead atoms. The van der Waals surface area contributed by atoms with Crippen molar-refractivity contribution < 1.29 is 18.0 Å². The van der Waals surface area contributed by atoms with Crippen molar-refractivity contribution in [3.63, 3.8) is 0 Å². The number of alkyl halides is 3. The third-order valence-electron chi connectivity index (χ3n) is 5.02. The van der Waals surface area contributed by atoms with Gasteiger partial charge in [0, 0.05) is 12.6 Å². The molecule has 1 saturated carbocycles. The summed E-state index contributed by atoms with van der Waals surface area (Å²) in [5.41, 5.74) is 0.0665. The van der Waals surface area contributed by atoms with Gasteiger partial charge in [0.05, 0.1) is 12.0 Å². The molecule has 3 unspecified atom stereocenters. The van der Waals surface area contributed by atoms with Crippen molar-refractivity contribution in [2.75, 3.05) is 6.54 Å². The highest BCUT2D eigenvalue weighted by molar-refractivity contribution is 5.82. The van der Waals surface area contributed by atoms with Crippen LogP contribution in [0.15, 0.2) is 0 Å². The van der Waals surface area contributed by atoms with Crippen LogP contribution in [0.2, 0.25) is 0 Å². The summed E-state index contributed by atoms with van der Waals surface area (Å²) in [6.45, 7) is 4.13. The van der Waals surface area contributed by atoms with E-state index in [2.05, 4.69) is 24.5 Å². The van der Waals surface area contributed by atoms with Gasteiger partial charge in [0.15, 0.2) is 0 Å². The predicted octanol–water partition coefficient (Wildman–Crippen LogP) is 3.00. The SMILES string of the molecule is CC1(C)CCCCC1NC(=O)C1CCC(C(F)(F)F)CN1. The van der Waals surface area contributed by atoms with E-state index in [0.717, 1.165) is 19.3 Å². The minimum absolute atomic E-state index is 0.0304. The zero-order valence-electron chi connectivity index (χ0n) is 12.7. The maximum absolute atomic E-state index is 12.6. The van der Waals surface area contributed by atoms with E-state index in [1.807, 2.05) is 0 Å². The first kappa shape index (κ1) is 16.6. The van der Waals surface area contributed by atoms with Crippen molar-refractivity contribution in [2.24, 2.45) is 11.3 Å². The summed E-state index contributed by atoms with van der Waals surface area (Å²) in [6, 6.07) is -0.359. The number of halogens is 3. The molecule has 0 aromatic carbocycles. The predicted molar refractivity (Wildman–Crippen MR) is 74.7 cm³/mol. The van der Waals surface area contributed by atoms with Crippen molar-refractivity contribution >= 4 is 5.91 Å². The van der Waals surface area contributed by atoms with Crippen LogP contribution in [0.3, 0.4) is 0 Å². The van der Waals surface area contributed by atoms with Crippen molar-refractivity contribution in [1.82, 2.24) is 10.6 Å². The zero-order valence-corrected chi connectivity index (χ0v) is 12.7. The number of carbonyl (C=O) groups is 1. The van der Waals surface area contributed by atoms with Crippen LogP contribution in [0.25, 0.3) is 0 Å². The smallest absolute Gasteiger partial charge is 0.351 e. The second-order valence-corrected chi connectivity index (χ2v) is 7.07. The van der Waals surface area contributed by atoms with Gasteiger partial charge in [-0.05, 0) is 31.1 Å². The second-order valence-electron chi connectivity index (χ2n) is 7.07. The number of piperidine rings is 1. The quantitative estimate of drug-likeness (QED) is 0.823. The standard InChI is InChI=1S/C15H25F3N2O/c1-14(2)8-4-3-5-12(14)20-13(21)11-7-6-10(9-19-11)15(16,17)18/h10-12,19H,3-9H2,1-2H3,(H,20,21). The Morgan fingerprint density at radius 3 is 2.43 bits per heavy atom. The van der Waals surface area contributed by atoms with Gasteiger partial charge in [-0.25, -0.2) is 0 Å². The molecule has 2 rings (SSSR count). The Morgan fingerprint density at radius 1 is 1.19 bits per heavy atom. The first-order valence-electron chi connectivity index (χ1n) is 7.80. The minimum atomic E-state index is -4.17. The lowest BCUT2D eigenvalue weighted by atomic mass is 9.73. The molecule has 2 fully saturated rings. The lowest BCUT2D eigenvalue weighted by Gasteiger charge is -2.40. The van der Waals surface area contributed by atoms with Crippen molar-refractivity contribution in [3.8, 4) is 0 Å². The first-order chi connectivity index (χ1) is 9.70. The van der Waals surface area contributed by atoms with Crippen molar-refractivity contribution in [1.29, 1.82) is 0 Å². The van der Waals surface area contributed by atoms with E-state index >= 15 is 0 Å². The van der Waals surface area contributed by atoms with Gasteiger partial charge in [-0.3, -0.25) is 4.79 Å². The van der Waals surface area contributed by atoms with E-state index in [9.17, 15) is 18.0 Å². The largest absolute Gasteiger partial charge is 0.393 e. The molecule has 21 heavy (non-hydrogen) atoms. The molecule has 0 aromatic rings. The average Bonchev–Trinajstić information content (AvgIpc) is 2.40. The molecule has 6 heteroatoms. The van der Waals surface area contributed by atoms with Crippen LogP contribution >= 0.6 is 0 Å². The van der Waals surface area contributed by atoms with Gasteiger partial charge in [-0.1, -0.05) is 26.7 Å². The minimum Gasteiger partial charge on any atom is -0.351 e. The zero-order chi connectivity index (χ0) is 15.7. The van der Waals surface area contributed by atoms with Gasteiger partial charge in [0.1, 0.15) is 0 Å². The Morgan fingerprint density at radius 2 is 1.90 bits per heavy atom. The van der Waals surface area contributed by atoms with E-state index in [1.165, 1.54) is 6.42 Å². The average molecular weight is 306 g/mol. The van der Waals surface area contributed by atoms with Gasteiger partial charge in [-0.2, -0.15) is 13.2 Å². The molecule has 0 radical (unpaired) electrons. The van der Waals surface area contributed by atoms with Gasteiger partial charge >= 0.3 is 6.18 Å². The Labute approximate surface area is 124 Å². The molecule has 2 N–H and O–H groups in total. The third-order valence-corrected chi connectivity index (χ3v) is 5.02. The van der Waals surface area contributed by atoms with E-state index in [-0.39, 0.29) is 36.8 Å². The molecule has 0 aromatic heterocycles. The highest BCUT2D eigenvalue weighted by Crippen LogP contribution is 2.36. The molecule has 122 valence electrons. The third kappa shape index (κ3) is 4.11. The normalized spacial score (nSPS) is 33.5. The van der Waals surface area contributed by atoms with Crippen LogP contribution in [-0.4, -0.2) is 30.7 Å². The van der Waals surface area contributed by atoms with Crippen LogP contribution in [0, 0.1) is 11.3 Å². The molecular weight excluding hydrogens is 281 g/mol. The summed E-state index contributed by atoms with van der Waals surface area (Å²) in [5, 5.41) is 5.81. The highest BCUT2D eigenvalue weighted by atomic mass is 19.4. The van der Waals surface area contributed by atoms with Gasteiger partial charge in [0.2, 0.25) is 5.91 Å². The van der Waals surface area contributed by atoms with Gasteiger partial charge in [-0.15, -0.1) is 0 Å². The molecule has 2 aliphatic rings. The van der Waals surface area contributed by atoms with E-state index < -0.39 is 18.1 Å². The number of amides is 1. The van der Waals surface area contributed by atoms with E-state index in [0.29, 0.717) is 0 Å². The molecule has 1 aliphatic carbocycles. The fraction of sp³-hybridized carbons (Fsp3) is 0.933. The number of nitrogens with one attached hydrogen (secondary N) is 2. The van der Waals surface area contributed by atoms with Gasteiger partial charge in [0.25, 0.3) is 0 Å². The number of carbonyl (C=O) groups excluding carboxylic acids is 1. The first-order valence-corrected chi connectivity index (χ1v) is 7.80. The number of hydrogen-bond acceptors (Lipinski definition) is 2. The summed E-state index contributed by atoms with van der Waals surface area (Å²) in [7, 11) is 0. The summed E-state index contributed by atoms with van der Waals surface area (Å²) < 4.78 is 37.8. The Bertz CT molecular complexity index is 374. The lowest BCUT2D eigenvalue weighted by Crippen LogP contribution is -2.56. The summed E-state index contributed by atoms with van der Waals surface area (Å²) in [4.78, 5) is 12.3. The fourth-order valence-electron chi connectivity index (χ4n) is 3.39. The molecule has 3 atom stereocenters. The Hall–Kier alpha value is -0.780. The summed E-state index contributed by atoms with van der Waals surface area (Å²) in [6.07, 6.45) is 0.422. The molecule has 1 aliphatic heterocycles. The van der Waals surface area contributed by atoms with Crippen LogP contribution in [0.4, 0.5) is 13.2 Å². The maximum Gasteiger partial charge on any atom is 0.393 e. The molecule has 1 saturated heterocycles. The Balaban J connectivity index is 1.85. The number of hydrogen-bond donors (Lipinski definition) is 2. The second kappa shape index (κ2) is 6.15. The van der Waals surface area contributed by atoms with Gasteiger partial charge < -0.3 is 10.6 Å². The maximum atomic E-state index is 12.6. The monoisotopic (exact) mass is 306 g/mol.